The van der Waals surface area contributed by atoms with Gasteiger partial charge < -0.3 is 18.3 Å². The van der Waals surface area contributed by atoms with Crippen molar-refractivity contribution in [3.8, 4) is 79.8 Å². The van der Waals surface area contributed by atoms with Crippen LogP contribution in [0.2, 0.25) is 0 Å². The second kappa shape index (κ2) is 12.0. The van der Waals surface area contributed by atoms with E-state index in [0.29, 0.717) is 46.2 Å². The van der Waals surface area contributed by atoms with E-state index < -0.39 is 0 Å². The van der Waals surface area contributed by atoms with Crippen molar-refractivity contribution in [1.29, 1.82) is 0 Å². The lowest BCUT2D eigenvalue weighted by molar-refractivity contribution is 0.360. The first-order valence-corrected chi connectivity index (χ1v) is 17.5. The Balaban J connectivity index is 0.912. The molecule has 54 heavy (non-hydrogen) atoms. The van der Waals surface area contributed by atoms with Crippen LogP contribution in [0, 0.1) is 0 Å². The first-order valence-electron chi connectivity index (χ1n) is 17.5. The first-order chi connectivity index (χ1) is 26.7. The quantitative estimate of drug-likeness (QED) is 0.175. The number of aromatic nitrogens is 4. The maximum absolute atomic E-state index is 6.42. The van der Waals surface area contributed by atoms with Crippen LogP contribution in [0.5, 0.6) is 23.0 Å². The van der Waals surface area contributed by atoms with E-state index in [9.17, 15) is 0 Å². The van der Waals surface area contributed by atoms with Gasteiger partial charge in [0, 0.05) is 38.6 Å². The Hall–Kier alpha value is -7.58. The Morgan fingerprint density at radius 2 is 1.00 bits per heavy atom. The van der Waals surface area contributed by atoms with Crippen LogP contribution in [0.25, 0.3) is 89.5 Å². The summed E-state index contributed by atoms with van der Waals surface area (Å²) < 4.78 is 24.9. The van der Waals surface area contributed by atoms with Crippen molar-refractivity contribution in [3.05, 3.63) is 158 Å². The zero-order chi connectivity index (χ0) is 35.6. The summed E-state index contributed by atoms with van der Waals surface area (Å²) in [6.07, 6.45) is 0. The van der Waals surface area contributed by atoms with Gasteiger partial charge in [0.15, 0.2) is 28.8 Å². The van der Waals surface area contributed by atoms with Crippen LogP contribution in [-0.4, -0.2) is 20.2 Å². The fraction of sp³-hybridized carbons (Fsp3) is 0. The van der Waals surface area contributed by atoms with Crippen molar-refractivity contribution >= 4 is 32.7 Å². The molecule has 0 fully saturated rings. The van der Waals surface area contributed by atoms with Crippen LogP contribution < -0.4 is 9.47 Å². The van der Waals surface area contributed by atoms with Crippen molar-refractivity contribution < 1.29 is 18.3 Å². The minimum absolute atomic E-state index is 0.370. The van der Waals surface area contributed by atoms with Crippen LogP contribution in [0.3, 0.4) is 0 Å². The summed E-state index contributed by atoms with van der Waals surface area (Å²) in [4.78, 5) is 10.1. The average Bonchev–Trinajstić information content (AvgIpc) is 3.88. The van der Waals surface area contributed by atoms with E-state index in [-0.39, 0.29) is 0 Å². The molecule has 0 N–H and O–H groups in total. The number of para-hydroxylation sites is 1. The molecule has 254 valence electrons. The average molecular weight is 699 g/mol. The van der Waals surface area contributed by atoms with Gasteiger partial charge in [-0.25, -0.2) is 9.97 Å². The first kappa shape index (κ1) is 30.1. The molecule has 0 spiro atoms. The molecule has 0 radical (unpaired) electrons. The predicted octanol–water partition coefficient (Wildman–Crippen LogP) is 12.1. The van der Waals surface area contributed by atoms with Crippen LogP contribution in [0.4, 0.5) is 0 Å². The van der Waals surface area contributed by atoms with Gasteiger partial charge in [-0.3, -0.25) is 0 Å². The zero-order valence-electron chi connectivity index (χ0n) is 28.4. The highest BCUT2D eigenvalue weighted by Gasteiger charge is 2.23. The van der Waals surface area contributed by atoms with Crippen LogP contribution in [0.15, 0.2) is 167 Å². The summed E-state index contributed by atoms with van der Waals surface area (Å²) in [7, 11) is 0. The van der Waals surface area contributed by atoms with Crippen molar-refractivity contribution in [1.82, 2.24) is 20.2 Å². The summed E-state index contributed by atoms with van der Waals surface area (Å²) in [5, 5.41) is 13.0. The molecule has 8 heteroatoms. The molecule has 0 saturated carbocycles. The van der Waals surface area contributed by atoms with E-state index in [1.807, 2.05) is 121 Å². The molecule has 0 aliphatic carbocycles. The summed E-state index contributed by atoms with van der Waals surface area (Å²) in [5.74, 6) is 3.71. The second-order valence-electron chi connectivity index (χ2n) is 13.1. The number of hydrogen-bond donors (Lipinski definition) is 0. The standard InChI is InChI=1S/C46H26N4O4/c1-2-10-28(11-3-1)44-47-36(26-37(48-44)33-15-8-12-27-9-4-5-13-32(27)33)29-17-21-40-42(24-29)52-41-22-19-31(25-43(41)53-40)46-50-49-45(54-46)30-18-20-39-35(23-30)34-14-6-7-16-38(34)51-39/h1-26H. The molecule has 1 aliphatic rings. The monoisotopic (exact) mass is 698 g/mol. The third kappa shape index (κ3) is 5.08. The molecule has 8 nitrogen and oxygen atoms in total. The molecule has 0 atom stereocenters. The largest absolute Gasteiger partial charge is 0.456 e. The maximum Gasteiger partial charge on any atom is 0.248 e. The predicted molar refractivity (Wildman–Crippen MR) is 208 cm³/mol. The van der Waals surface area contributed by atoms with Gasteiger partial charge in [0.25, 0.3) is 0 Å². The van der Waals surface area contributed by atoms with Crippen molar-refractivity contribution in [2.24, 2.45) is 0 Å². The fourth-order valence-corrected chi connectivity index (χ4v) is 7.09. The Kier molecular flexibility index (Phi) is 6.69. The van der Waals surface area contributed by atoms with Gasteiger partial charge in [0.2, 0.25) is 11.8 Å². The molecule has 3 aromatic heterocycles. The van der Waals surface area contributed by atoms with E-state index in [0.717, 1.165) is 66.4 Å². The zero-order valence-corrected chi connectivity index (χ0v) is 28.4. The topological polar surface area (TPSA) is 96.3 Å². The third-order valence-corrected chi connectivity index (χ3v) is 9.74. The lowest BCUT2D eigenvalue weighted by atomic mass is 10.00. The third-order valence-electron chi connectivity index (χ3n) is 9.74. The highest BCUT2D eigenvalue weighted by Crippen LogP contribution is 2.48. The summed E-state index contributed by atoms with van der Waals surface area (Å²) >= 11 is 0. The maximum atomic E-state index is 6.42. The molecule has 0 unspecified atom stereocenters. The van der Waals surface area contributed by atoms with Crippen LogP contribution in [0.1, 0.15) is 0 Å². The SMILES string of the molecule is c1ccc(-c2nc(-c3ccc4c(c3)Oc3ccc(-c5nnc(-c6ccc7oc8ccccc8c7c6)o5)cc3O4)cc(-c3cccc4ccccc34)n2)cc1. The molecule has 7 aromatic carbocycles. The minimum Gasteiger partial charge on any atom is -0.456 e. The smallest absolute Gasteiger partial charge is 0.248 e. The van der Waals surface area contributed by atoms with E-state index in [4.69, 9.17) is 28.3 Å². The molecule has 0 saturated heterocycles. The molecule has 4 heterocycles. The molecular formula is C46H26N4O4. The molecular weight excluding hydrogens is 673 g/mol. The molecule has 1 aliphatic heterocycles. The number of rotatable bonds is 5. The van der Waals surface area contributed by atoms with Gasteiger partial charge in [-0.2, -0.15) is 0 Å². The van der Waals surface area contributed by atoms with Crippen LogP contribution in [-0.2, 0) is 0 Å². The number of nitrogens with zero attached hydrogens (tertiary/aromatic N) is 4. The highest BCUT2D eigenvalue weighted by atomic mass is 16.6. The fourth-order valence-electron chi connectivity index (χ4n) is 7.09. The lowest BCUT2D eigenvalue weighted by Crippen LogP contribution is -2.00. The van der Waals surface area contributed by atoms with E-state index >= 15 is 0 Å². The number of hydrogen-bond acceptors (Lipinski definition) is 8. The van der Waals surface area contributed by atoms with Gasteiger partial charge in [0.1, 0.15) is 11.2 Å². The number of benzene rings is 7. The Bertz CT molecular complexity index is 3070. The van der Waals surface area contributed by atoms with Gasteiger partial charge in [-0.1, -0.05) is 91.0 Å². The Morgan fingerprint density at radius 3 is 1.83 bits per heavy atom. The summed E-state index contributed by atoms with van der Waals surface area (Å²) in [6.45, 7) is 0. The molecule has 0 amide bonds. The second-order valence-corrected chi connectivity index (χ2v) is 13.1. The van der Waals surface area contributed by atoms with E-state index in [2.05, 4.69) is 46.6 Å². The van der Waals surface area contributed by atoms with Gasteiger partial charge in [0.05, 0.1) is 11.4 Å². The Morgan fingerprint density at radius 1 is 0.370 bits per heavy atom. The van der Waals surface area contributed by atoms with Gasteiger partial charge in [-0.15, -0.1) is 10.2 Å². The number of fused-ring (bicyclic) bond motifs is 6. The van der Waals surface area contributed by atoms with Crippen molar-refractivity contribution in [3.63, 3.8) is 0 Å². The highest BCUT2D eigenvalue weighted by molar-refractivity contribution is 6.06. The normalized spacial score (nSPS) is 12.0. The van der Waals surface area contributed by atoms with E-state index in [1.54, 1.807) is 0 Å². The minimum atomic E-state index is 0.370. The molecule has 10 aromatic rings. The molecule has 11 rings (SSSR count). The summed E-state index contributed by atoms with van der Waals surface area (Å²) in [6, 6.07) is 52.0. The van der Waals surface area contributed by atoms with Crippen molar-refractivity contribution in [2.75, 3.05) is 0 Å². The molecule has 0 bridgehead atoms. The number of ether oxygens (including phenoxy) is 2. The summed E-state index contributed by atoms with van der Waals surface area (Å²) in [5.41, 5.74) is 7.61. The number of furan rings is 1. The Labute approximate surface area is 307 Å². The van der Waals surface area contributed by atoms with Crippen molar-refractivity contribution in [2.45, 2.75) is 0 Å². The lowest BCUT2D eigenvalue weighted by Gasteiger charge is -2.21. The van der Waals surface area contributed by atoms with Gasteiger partial charge >= 0.3 is 0 Å². The van der Waals surface area contributed by atoms with Gasteiger partial charge in [-0.05, 0) is 77.5 Å². The van der Waals surface area contributed by atoms with E-state index in [1.165, 1.54) is 0 Å². The van der Waals surface area contributed by atoms with Crippen LogP contribution >= 0.6 is 0 Å².